The van der Waals surface area contributed by atoms with Gasteiger partial charge in [-0.3, -0.25) is 4.79 Å². The molecule has 1 aliphatic rings. The number of carbonyl (C=O) groups excluding carboxylic acids is 1. The van der Waals surface area contributed by atoms with Crippen molar-refractivity contribution in [3.05, 3.63) is 35.9 Å². The average molecular weight is 288 g/mol. The minimum absolute atomic E-state index is 0.00524. The Labute approximate surface area is 128 Å². The molecule has 2 rings (SSSR count). The van der Waals surface area contributed by atoms with Gasteiger partial charge in [0.25, 0.3) is 0 Å². The fourth-order valence-electron chi connectivity index (χ4n) is 3.28. The highest BCUT2D eigenvalue weighted by Crippen LogP contribution is 2.40. The van der Waals surface area contributed by atoms with E-state index in [0.717, 1.165) is 19.4 Å². The van der Waals surface area contributed by atoms with E-state index in [1.807, 2.05) is 18.2 Å². The second kappa shape index (κ2) is 7.60. The summed E-state index contributed by atoms with van der Waals surface area (Å²) >= 11 is 0. The molecule has 1 fully saturated rings. The molecule has 0 bridgehead atoms. The lowest BCUT2D eigenvalue weighted by Crippen LogP contribution is -2.44. The van der Waals surface area contributed by atoms with E-state index in [1.54, 1.807) is 0 Å². The predicted octanol–water partition coefficient (Wildman–Crippen LogP) is 3.03. The van der Waals surface area contributed by atoms with Crippen LogP contribution in [0.4, 0.5) is 0 Å². The summed E-state index contributed by atoms with van der Waals surface area (Å²) in [5, 5.41) is 3.09. The van der Waals surface area contributed by atoms with Crippen molar-refractivity contribution in [2.75, 3.05) is 6.54 Å². The second-order valence-electron chi connectivity index (χ2n) is 6.41. The molecule has 1 aromatic rings. The summed E-state index contributed by atoms with van der Waals surface area (Å²) in [6, 6.07) is 9.80. The summed E-state index contributed by atoms with van der Waals surface area (Å²) in [4.78, 5) is 12.1. The van der Waals surface area contributed by atoms with Crippen molar-refractivity contribution in [1.29, 1.82) is 0 Å². The highest BCUT2D eigenvalue weighted by Gasteiger charge is 2.32. The molecule has 1 aromatic carbocycles. The number of nitrogens with two attached hydrogens (primary N) is 1. The number of rotatable bonds is 7. The van der Waals surface area contributed by atoms with Gasteiger partial charge in [0.05, 0.1) is 6.04 Å². The quantitative estimate of drug-likeness (QED) is 0.810. The van der Waals surface area contributed by atoms with E-state index in [9.17, 15) is 4.79 Å². The third kappa shape index (κ3) is 4.57. The lowest BCUT2D eigenvalue weighted by molar-refractivity contribution is -0.123. The third-order valence-corrected chi connectivity index (χ3v) is 4.98. The number of hydrogen-bond acceptors (Lipinski definition) is 2. The number of amides is 1. The largest absolute Gasteiger partial charge is 0.354 e. The van der Waals surface area contributed by atoms with Gasteiger partial charge in [-0.15, -0.1) is 0 Å². The Balaban J connectivity index is 1.75. The summed E-state index contributed by atoms with van der Waals surface area (Å²) in [6.45, 7) is 3.02. The van der Waals surface area contributed by atoms with Gasteiger partial charge in [0.2, 0.25) is 5.91 Å². The second-order valence-corrected chi connectivity index (χ2v) is 6.41. The van der Waals surface area contributed by atoms with Crippen molar-refractivity contribution in [3.8, 4) is 0 Å². The molecule has 0 aliphatic heterocycles. The van der Waals surface area contributed by atoms with Gasteiger partial charge in [0, 0.05) is 6.54 Å². The number of aryl methyl sites for hydroxylation is 1. The zero-order valence-corrected chi connectivity index (χ0v) is 13.1. The molecule has 3 nitrogen and oxygen atoms in total. The molecule has 1 aliphatic carbocycles. The number of nitrogens with one attached hydrogen (secondary N) is 1. The summed E-state index contributed by atoms with van der Waals surface area (Å²) in [6.07, 6.45) is 7.77. The van der Waals surface area contributed by atoms with Crippen LogP contribution in [0.2, 0.25) is 0 Å². The minimum Gasteiger partial charge on any atom is -0.354 e. The smallest absolute Gasteiger partial charge is 0.236 e. The van der Waals surface area contributed by atoms with Crippen LogP contribution in [-0.4, -0.2) is 18.5 Å². The first-order chi connectivity index (χ1) is 10.2. The van der Waals surface area contributed by atoms with Gasteiger partial charge < -0.3 is 11.1 Å². The maximum atomic E-state index is 12.1. The van der Waals surface area contributed by atoms with Crippen LogP contribution < -0.4 is 11.1 Å². The molecule has 0 spiro atoms. The van der Waals surface area contributed by atoms with Gasteiger partial charge in [0.15, 0.2) is 0 Å². The van der Waals surface area contributed by atoms with Gasteiger partial charge >= 0.3 is 0 Å². The molecule has 0 radical (unpaired) electrons. The van der Waals surface area contributed by atoms with Crippen molar-refractivity contribution in [2.45, 2.75) is 57.9 Å². The van der Waals surface area contributed by atoms with E-state index in [-0.39, 0.29) is 5.91 Å². The highest BCUT2D eigenvalue weighted by atomic mass is 16.2. The van der Waals surface area contributed by atoms with Gasteiger partial charge in [-0.25, -0.2) is 0 Å². The lowest BCUT2D eigenvalue weighted by Gasteiger charge is -2.28. The molecule has 1 amide bonds. The summed E-state index contributed by atoms with van der Waals surface area (Å²) < 4.78 is 0. The van der Waals surface area contributed by atoms with Gasteiger partial charge in [0.1, 0.15) is 0 Å². The van der Waals surface area contributed by atoms with Crippen molar-refractivity contribution in [3.63, 3.8) is 0 Å². The van der Waals surface area contributed by atoms with E-state index >= 15 is 0 Å². The van der Waals surface area contributed by atoms with Crippen LogP contribution in [0.1, 0.15) is 51.0 Å². The van der Waals surface area contributed by atoms with Gasteiger partial charge in [-0.2, -0.15) is 0 Å². The van der Waals surface area contributed by atoms with E-state index in [1.165, 1.54) is 31.2 Å². The number of carbonyl (C=O) groups is 1. The number of benzene rings is 1. The van der Waals surface area contributed by atoms with Crippen molar-refractivity contribution in [2.24, 2.45) is 11.1 Å². The normalized spacial score (nSPS) is 18.4. The Kier molecular flexibility index (Phi) is 5.80. The van der Waals surface area contributed by atoms with Gasteiger partial charge in [-0.1, -0.05) is 50.1 Å². The molecule has 21 heavy (non-hydrogen) atoms. The Morgan fingerprint density at radius 1 is 1.29 bits per heavy atom. The predicted molar refractivity (Wildman–Crippen MR) is 86.9 cm³/mol. The Bertz CT molecular complexity index is 438. The van der Waals surface area contributed by atoms with Crippen LogP contribution in [0.3, 0.4) is 0 Å². The zero-order valence-electron chi connectivity index (χ0n) is 13.1. The fourth-order valence-corrected chi connectivity index (χ4v) is 3.28. The van der Waals surface area contributed by atoms with Crippen molar-refractivity contribution in [1.82, 2.24) is 5.32 Å². The topological polar surface area (TPSA) is 55.1 Å². The molecule has 1 atom stereocenters. The zero-order chi connectivity index (χ0) is 15.1. The van der Waals surface area contributed by atoms with Crippen LogP contribution in [0.15, 0.2) is 30.3 Å². The SMILES string of the molecule is CCC1(CNC(=O)C(N)CCc2ccccc2)CCCC1. The molecule has 116 valence electrons. The van der Waals surface area contributed by atoms with E-state index in [0.29, 0.717) is 11.8 Å². The number of hydrogen-bond donors (Lipinski definition) is 2. The standard InChI is InChI=1S/C18H28N2O/c1-2-18(12-6-7-13-18)14-20-17(21)16(19)11-10-15-8-4-3-5-9-15/h3-5,8-9,16H,2,6-7,10-14,19H2,1H3,(H,20,21). The molecule has 0 heterocycles. The van der Waals surface area contributed by atoms with E-state index < -0.39 is 6.04 Å². The van der Waals surface area contributed by atoms with Crippen LogP contribution >= 0.6 is 0 Å². The highest BCUT2D eigenvalue weighted by molar-refractivity contribution is 5.81. The molecule has 3 N–H and O–H groups in total. The van der Waals surface area contributed by atoms with Crippen LogP contribution in [0.5, 0.6) is 0 Å². The van der Waals surface area contributed by atoms with Crippen molar-refractivity contribution < 1.29 is 4.79 Å². The minimum atomic E-state index is -0.402. The van der Waals surface area contributed by atoms with E-state index in [2.05, 4.69) is 24.4 Å². The monoisotopic (exact) mass is 288 g/mol. The molecule has 1 saturated carbocycles. The van der Waals surface area contributed by atoms with E-state index in [4.69, 9.17) is 5.73 Å². The lowest BCUT2D eigenvalue weighted by atomic mass is 9.83. The molecule has 3 heteroatoms. The average Bonchev–Trinajstić information content (AvgIpc) is 3.01. The maximum Gasteiger partial charge on any atom is 0.236 e. The molecule has 0 saturated heterocycles. The van der Waals surface area contributed by atoms with Crippen LogP contribution in [0, 0.1) is 5.41 Å². The first kappa shape index (κ1) is 16.0. The van der Waals surface area contributed by atoms with Crippen LogP contribution in [0.25, 0.3) is 0 Å². The first-order valence-electron chi connectivity index (χ1n) is 8.22. The van der Waals surface area contributed by atoms with Crippen LogP contribution in [-0.2, 0) is 11.2 Å². The summed E-state index contributed by atoms with van der Waals surface area (Å²) in [5.41, 5.74) is 7.59. The Morgan fingerprint density at radius 2 is 1.95 bits per heavy atom. The van der Waals surface area contributed by atoms with Gasteiger partial charge in [-0.05, 0) is 43.1 Å². The summed E-state index contributed by atoms with van der Waals surface area (Å²) in [7, 11) is 0. The molecule has 0 aromatic heterocycles. The third-order valence-electron chi connectivity index (χ3n) is 4.98. The first-order valence-corrected chi connectivity index (χ1v) is 8.22. The molecule has 1 unspecified atom stereocenters. The summed E-state index contributed by atoms with van der Waals surface area (Å²) in [5.74, 6) is 0.00524. The Hall–Kier alpha value is -1.35. The molecular formula is C18H28N2O. The Morgan fingerprint density at radius 3 is 2.57 bits per heavy atom. The van der Waals surface area contributed by atoms with Crippen molar-refractivity contribution >= 4 is 5.91 Å². The molecular weight excluding hydrogens is 260 g/mol. The maximum absolute atomic E-state index is 12.1. The fraction of sp³-hybridized carbons (Fsp3) is 0.611.